The molecule has 1 heterocycles. The molecule has 1 unspecified atom stereocenters. The van der Waals surface area contributed by atoms with E-state index in [1.807, 2.05) is 24.2 Å². The van der Waals surface area contributed by atoms with Crippen LogP contribution in [0, 0.1) is 0 Å². The van der Waals surface area contributed by atoms with Gasteiger partial charge in [-0.05, 0) is 30.2 Å². The van der Waals surface area contributed by atoms with Crippen molar-refractivity contribution in [3.8, 4) is 0 Å². The lowest BCUT2D eigenvalue weighted by molar-refractivity contribution is -0.126. The normalized spacial score (nSPS) is 17.7. The number of benzene rings is 1. The number of carbonyl (C=O) groups is 1. The summed E-state index contributed by atoms with van der Waals surface area (Å²) in [6, 6.07) is 8.25. The number of rotatable bonds is 3. The molecule has 4 nitrogen and oxygen atoms in total. The Morgan fingerprint density at radius 1 is 1.47 bits per heavy atom. The fraction of sp³-hybridized carbons (Fsp3) is 0.462. The molecule has 4 heteroatoms. The summed E-state index contributed by atoms with van der Waals surface area (Å²) >= 11 is 0. The fourth-order valence-electron chi connectivity index (χ4n) is 2.08. The second-order valence-electron chi connectivity index (χ2n) is 4.52. The van der Waals surface area contributed by atoms with E-state index in [9.17, 15) is 4.79 Å². The standard InChI is InChI=1S/C13H19N3O/c1-10(9-14)11-4-3-5-12(8-11)16-7-6-13(17)15(16)2/h3-5,8,10H,6-7,9,14H2,1-2H3. The topological polar surface area (TPSA) is 49.6 Å². The highest BCUT2D eigenvalue weighted by molar-refractivity contribution is 5.81. The maximum Gasteiger partial charge on any atom is 0.242 e. The Labute approximate surface area is 102 Å². The SMILES string of the molecule is CC(CN)c1cccc(N2CCC(=O)N2C)c1. The van der Waals surface area contributed by atoms with Crippen molar-refractivity contribution < 1.29 is 4.79 Å². The first-order chi connectivity index (χ1) is 8.13. The van der Waals surface area contributed by atoms with E-state index in [1.165, 1.54) is 5.56 Å². The Hall–Kier alpha value is -1.55. The van der Waals surface area contributed by atoms with Crippen LogP contribution in [0.25, 0.3) is 0 Å². The fourth-order valence-corrected chi connectivity index (χ4v) is 2.08. The summed E-state index contributed by atoms with van der Waals surface area (Å²) in [6.45, 7) is 3.51. The summed E-state index contributed by atoms with van der Waals surface area (Å²) in [5, 5.41) is 3.70. The van der Waals surface area contributed by atoms with Crippen molar-refractivity contribution in [3.63, 3.8) is 0 Å². The van der Waals surface area contributed by atoms with Gasteiger partial charge in [0.1, 0.15) is 0 Å². The zero-order valence-electron chi connectivity index (χ0n) is 10.4. The van der Waals surface area contributed by atoms with Gasteiger partial charge >= 0.3 is 0 Å². The molecule has 1 aliphatic rings. The monoisotopic (exact) mass is 233 g/mol. The molecule has 0 aromatic heterocycles. The average molecular weight is 233 g/mol. The molecule has 1 aliphatic heterocycles. The van der Waals surface area contributed by atoms with E-state index in [1.54, 1.807) is 5.01 Å². The summed E-state index contributed by atoms with van der Waals surface area (Å²) in [5.74, 6) is 0.515. The number of hydrogen-bond acceptors (Lipinski definition) is 3. The molecular weight excluding hydrogens is 214 g/mol. The van der Waals surface area contributed by atoms with E-state index in [2.05, 4.69) is 19.1 Å². The van der Waals surface area contributed by atoms with Gasteiger partial charge in [0.25, 0.3) is 0 Å². The Morgan fingerprint density at radius 3 is 2.82 bits per heavy atom. The van der Waals surface area contributed by atoms with Gasteiger partial charge in [-0.25, -0.2) is 0 Å². The van der Waals surface area contributed by atoms with Crippen molar-refractivity contribution in [1.82, 2.24) is 5.01 Å². The van der Waals surface area contributed by atoms with Crippen LogP contribution in [-0.4, -0.2) is 31.1 Å². The van der Waals surface area contributed by atoms with Crippen LogP contribution >= 0.6 is 0 Å². The van der Waals surface area contributed by atoms with Gasteiger partial charge in [0, 0.05) is 20.0 Å². The minimum atomic E-state index is 0.169. The molecule has 0 saturated carbocycles. The minimum absolute atomic E-state index is 0.169. The molecular formula is C13H19N3O. The highest BCUT2D eigenvalue weighted by atomic mass is 16.2. The molecule has 92 valence electrons. The van der Waals surface area contributed by atoms with Gasteiger partial charge in [0.05, 0.1) is 5.69 Å². The third-order valence-electron chi connectivity index (χ3n) is 3.35. The molecule has 1 amide bonds. The van der Waals surface area contributed by atoms with Crippen molar-refractivity contribution >= 4 is 11.6 Å². The summed E-state index contributed by atoms with van der Waals surface area (Å²) in [4.78, 5) is 11.5. The van der Waals surface area contributed by atoms with Gasteiger partial charge in [-0.1, -0.05) is 19.1 Å². The molecule has 1 saturated heterocycles. The Morgan fingerprint density at radius 2 is 2.24 bits per heavy atom. The number of hydrogen-bond donors (Lipinski definition) is 1. The van der Waals surface area contributed by atoms with Crippen molar-refractivity contribution in [2.45, 2.75) is 19.3 Å². The van der Waals surface area contributed by atoms with Crippen molar-refractivity contribution in [2.24, 2.45) is 5.73 Å². The maximum atomic E-state index is 11.5. The van der Waals surface area contributed by atoms with Crippen molar-refractivity contribution in [3.05, 3.63) is 29.8 Å². The van der Waals surface area contributed by atoms with Gasteiger partial charge < -0.3 is 5.73 Å². The van der Waals surface area contributed by atoms with Crippen LogP contribution in [0.1, 0.15) is 24.8 Å². The average Bonchev–Trinajstić information content (AvgIpc) is 2.69. The Kier molecular flexibility index (Phi) is 3.33. The zero-order chi connectivity index (χ0) is 12.4. The highest BCUT2D eigenvalue weighted by Crippen LogP contribution is 2.25. The first kappa shape index (κ1) is 11.9. The van der Waals surface area contributed by atoms with Crippen molar-refractivity contribution in [2.75, 3.05) is 25.1 Å². The highest BCUT2D eigenvalue weighted by Gasteiger charge is 2.25. The van der Waals surface area contributed by atoms with Crippen LogP contribution < -0.4 is 10.7 Å². The van der Waals surface area contributed by atoms with Crippen LogP contribution in [0.2, 0.25) is 0 Å². The quantitative estimate of drug-likeness (QED) is 0.857. The Balaban J connectivity index is 2.24. The van der Waals surface area contributed by atoms with Crippen LogP contribution in [-0.2, 0) is 4.79 Å². The molecule has 0 radical (unpaired) electrons. The zero-order valence-corrected chi connectivity index (χ0v) is 10.4. The van der Waals surface area contributed by atoms with E-state index in [4.69, 9.17) is 5.73 Å². The number of nitrogens with two attached hydrogens (primary N) is 1. The van der Waals surface area contributed by atoms with Crippen LogP contribution in [0.4, 0.5) is 5.69 Å². The lowest BCUT2D eigenvalue weighted by Gasteiger charge is -2.26. The smallest absolute Gasteiger partial charge is 0.242 e. The summed E-state index contributed by atoms with van der Waals surface area (Å²) < 4.78 is 0. The first-order valence-electron chi connectivity index (χ1n) is 5.97. The third kappa shape index (κ3) is 2.26. The van der Waals surface area contributed by atoms with E-state index < -0.39 is 0 Å². The lowest BCUT2D eigenvalue weighted by atomic mass is 10.0. The molecule has 0 bridgehead atoms. The molecule has 2 N–H and O–H groups in total. The first-order valence-corrected chi connectivity index (χ1v) is 5.97. The second-order valence-corrected chi connectivity index (χ2v) is 4.52. The lowest BCUT2D eigenvalue weighted by Crippen LogP contribution is -2.35. The number of amides is 1. The summed E-state index contributed by atoms with van der Waals surface area (Å²) in [6.07, 6.45) is 0.590. The predicted octanol–water partition coefficient (Wildman–Crippen LogP) is 1.33. The largest absolute Gasteiger partial charge is 0.330 e. The van der Waals surface area contributed by atoms with E-state index in [0.29, 0.717) is 18.9 Å². The second kappa shape index (κ2) is 4.75. The molecule has 0 aliphatic carbocycles. The van der Waals surface area contributed by atoms with E-state index in [0.717, 1.165) is 12.2 Å². The van der Waals surface area contributed by atoms with Gasteiger partial charge in [-0.15, -0.1) is 0 Å². The molecule has 1 fully saturated rings. The number of anilines is 1. The van der Waals surface area contributed by atoms with E-state index >= 15 is 0 Å². The van der Waals surface area contributed by atoms with Gasteiger partial charge in [0.2, 0.25) is 5.91 Å². The predicted molar refractivity (Wildman–Crippen MR) is 68.6 cm³/mol. The molecule has 1 aromatic rings. The van der Waals surface area contributed by atoms with Crippen LogP contribution in [0.15, 0.2) is 24.3 Å². The van der Waals surface area contributed by atoms with Gasteiger partial charge in [-0.3, -0.25) is 14.8 Å². The number of nitrogens with zero attached hydrogens (tertiary/aromatic N) is 2. The number of carbonyl (C=O) groups excluding carboxylic acids is 1. The summed E-state index contributed by atoms with van der Waals surface area (Å²) in [7, 11) is 1.81. The maximum absolute atomic E-state index is 11.5. The van der Waals surface area contributed by atoms with Crippen LogP contribution in [0.5, 0.6) is 0 Å². The molecule has 1 atom stereocenters. The van der Waals surface area contributed by atoms with E-state index in [-0.39, 0.29) is 5.91 Å². The molecule has 0 spiro atoms. The Bertz CT molecular complexity index is 419. The third-order valence-corrected chi connectivity index (χ3v) is 3.35. The van der Waals surface area contributed by atoms with Gasteiger partial charge in [0.15, 0.2) is 0 Å². The summed E-state index contributed by atoms with van der Waals surface area (Å²) in [5.41, 5.74) is 7.96. The van der Waals surface area contributed by atoms with Gasteiger partial charge in [-0.2, -0.15) is 0 Å². The van der Waals surface area contributed by atoms with Crippen LogP contribution in [0.3, 0.4) is 0 Å². The minimum Gasteiger partial charge on any atom is -0.330 e. The molecule has 1 aromatic carbocycles. The number of hydrazine groups is 1. The van der Waals surface area contributed by atoms with Crippen molar-refractivity contribution in [1.29, 1.82) is 0 Å². The molecule has 2 rings (SSSR count). The molecule has 17 heavy (non-hydrogen) atoms.